The van der Waals surface area contributed by atoms with Crippen LogP contribution in [-0.4, -0.2) is 6.61 Å². The van der Waals surface area contributed by atoms with Crippen molar-refractivity contribution >= 4 is 10.8 Å². The number of hydrogen-bond acceptors (Lipinski definition) is 1. The summed E-state index contributed by atoms with van der Waals surface area (Å²) in [5.74, 6) is 1.03. The zero-order chi connectivity index (χ0) is 15.5. The molecule has 0 unspecified atom stereocenters. The van der Waals surface area contributed by atoms with Gasteiger partial charge in [0.05, 0.1) is 6.61 Å². The molecule has 0 radical (unpaired) electrons. The molecule has 0 saturated heterocycles. The van der Waals surface area contributed by atoms with Gasteiger partial charge >= 0.3 is 0 Å². The van der Waals surface area contributed by atoms with E-state index in [2.05, 4.69) is 49.4 Å². The molecular formula is C21H30O. The van der Waals surface area contributed by atoms with E-state index in [9.17, 15) is 0 Å². The highest BCUT2D eigenvalue weighted by Gasteiger charge is 2.00. The van der Waals surface area contributed by atoms with Crippen LogP contribution in [0.15, 0.2) is 42.5 Å². The predicted octanol–water partition coefficient (Wildman–Crippen LogP) is 6.75. The fraction of sp³-hybridized carbons (Fsp3) is 0.524. The van der Waals surface area contributed by atoms with Crippen LogP contribution in [0.1, 0.15) is 64.7 Å². The van der Waals surface area contributed by atoms with E-state index in [4.69, 9.17) is 4.74 Å². The summed E-state index contributed by atoms with van der Waals surface area (Å²) in [5, 5.41) is 2.48. The van der Waals surface area contributed by atoms with Gasteiger partial charge in [-0.25, -0.2) is 0 Å². The molecule has 0 aliphatic heterocycles. The first kappa shape index (κ1) is 16.9. The van der Waals surface area contributed by atoms with Gasteiger partial charge in [0.2, 0.25) is 0 Å². The third kappa shape index (κ3) is 5.71. The van der Waals surface area contributed by atoms with Crippen LogP contribution in [0.2, 0.25) is 0 Å². The molecule has 2 aromatic carbocycles. The van der Waals surface area contributed by atoms with Gasteiger partial charge in [0.25, 0.3) is 0 Å². The van der Waals surface area contributed by atoms with Crippen LogP contribution >= 0.6 is 0 Å². The molecule has 0 spiro atoms. The molecule has 0 fully saturated rings. The molecular weight excluding hydrogens is 268 g/mol. The van der Waals surface area contributed by atoms with Gasteiger partial charge in [0.15, 0.2) is 0 Å². The predicted molar refractivity (Wildman–Crippen MR) is 96.7 cm³/mol. The Balaban J connectivity index is 1.59. The number of rotatable bonds is 11. The van der Waals surface area contributed by atoms with Gasteiger partial charge < -0.3 is 4.74 Å². The molecule has 0 amide bonds. The SMILES string of the molecule is CCCCCCCCCCCOc1cccc2ccccc12. The molecule has 0 N–H and O–H groups in total. The van der Waals surface area contributed by atoms with Crippen molar-refractivity contribution in [3.8, 4) is 5.75 Å². The van der Waals surface area contributed by atoms with E-state index in [0.29, 0.717) is 0 Å². The summed E-state index contributed by atoms with van der Waals surface area (Å²) in [6.45, 7) is 3.11. The van der Waals surface area contributed by atoms with E-state index in [-0.39, 0.29) is 0 Å². The van der Waals surface area contributed by atoms with E-state index >= 15 is 0 Å². The normalized spacial score (nSPS) is 11.0. The van der Waals surface area contributed by atoms with Crippen LogP contribution in [0.4, 0.5) is 0 Å². The molecule has 0 aromatic heterocycles. The lowest BCUT2D eigenvalue weighted by molar-refractivity contribution is 0.307. The average Bonchev–Trinajstić information content (AvgIpc) is 2.56. The summed E-state index contributed by atoms with van der Waals surface area (Å²) in [5.41, 5.74) is 0. The lowest BCUT2D eigenvalue weighted by Crippen LogP contribution is -1.97. The maximum Gasteiger partial charge on any atom is 0.127 e. The molecule has 2 rings (SSSR count). The minimum Gasteiger partial charge on any atom is -0.493 e. The fourth-order valence-corrected chi connectivity index (χ4v) is 2.92. The maximum atomic E-state index is 5.98. The van der Waals surface area contributed by atoms with Gasteiger partial charge in [0, 0.05) is 5.39 Å². The van der Waals surface area contributed by atoms with Crippen LogP contribution in [0.25, 0.3) is 10.8 Å². The first-order valence-corrected chi connectivity index (χ1v) is 9.02. The van der Waals surface area contributed by atoms with Gasteiger partial charge in [-0.15, -0.1) is 0 Å². The molecule has 1 nitrogen and oxygen atoms in total. The van der Waals surface area contributed by atoms with E-state index in [1.54, 1.807) is 0 Å². The number of unbranched alkanes of at least 4 members (excludes halogenated alkanes) is 8. The van der Waals surface area contributed by atoms with E-state index in [1.807, 2.05) is 0 Å². The molecule has 0 saturated carbocycles. The summed E-state index contributed by atoms with van der Waals surface area (Å²) in [7, 11) is 0. The monoisotopic (exact) mass is 298 g/mol. The Hall–Kier alpha value is -1.50. The van der Waals surface area contributed by atoms with E-state index in [1.165, 1.54) is 62.1 Å². The molecule has 2 aromatic rings. The van der Waals surface area contributed by atoms with Gasteiger partial charge in [0.1, 0.15) is 5.75 Å². The van der Waals surface area contributed by atoms with Crippen molar-refractivity contribution in [2.24, 2.45) is 0 Å². The topological polar surface area (TPSA) is 9.23 Å². The molecule has 0 aliphatic carbocycles. The third-order valence-corrected chi connectivity index (χ3v) is 4.26. The number of fused-ring (bicyclic) bond motifs is 1. The van der Waals surface area contributed by atoms with Gasteiger partial charge in [-0.3, -0.25) is 0 Å². The van der Waals surface area contributed by atoms with Crippen LogP contribution < -0.4 is 4.74 Å². The molecule has 0 aliphatic rings. The van der Waals surface area contributed by atoms with Crippen molar-refractivity contribution < 1.29 is 4.74 Å². The molecule has 120 valence electrons. The summed E-state index contributed by atoms with van der Waals surface area (Å²) in [6, 6.07) is 14.7. The quantitative estimate of drug-likeness (QED) is 0.417. The van der Waals surface area contributed by atoms with Crippen LogP contribution in [0.5, 0.6) is 5.75 Å². The van der Waals surface area contributed by atoms with Crippen LogP contribution in [0, 0.1) is 0 Å². The third-order valence-electron chi connectivity index (χ3n) is 4.26. The second-order valence-electron chi connectivity index (χ2n) is 6.15. The van der Waals surface area contributed by atoms with Crippen molar-refractivity contribution in [2.45, 2.75) is 64.7 Å². The highest BCUT2D eigenvalue weighted by molar-refractivity contribution is 5.88. The van der Waals surface area contributed by atoms with Crippen LogP contribution in [0.3, 0.4) is 0 Å². The minimum atomic E-state index is 0.837. The van der Waals surface area contributed by atoms with Crippen LogP contribution in [-0.2, 0) is 0 Å². The smallest absolute Gasteiger partial charge is 0.127 e. The average molecular weight is 298 g/mol. The molecule has 22 heavy (non-hydrogen) atoms. The first-order valence-electron chi connectivity index (χ1n) is 9.02. The fourth-order valence-electron chi connectivity index (χ4n) is 2.92. The highest BCUT2D eigenvalue weighted by Crippen LogP contribution is 2.25. The Kier molecular flexibility index (Phi) is 7.87. The van der Waals surface area contributed by atoms with Gasteiger partial charge in [-0.2, -0.15) is 0 Å². The maximum absolute atomic E-state index is 5.98. The summed E-state index contributed by atoms with van der Waals surface area (Å²) in [4.78, 5) is 0. The van der Waals surface area contributed by atoms with Gasteiger partial charge in [-0.05, 0) is 17.9 Å². The second-order valence-corrected chi connectivity index (χ2v) is 6.15. The van der Waals surface area contributed by atoms with Crippen molar-refractivity contribution in [1.29, 1.82) is 0 Å². The van der Waals surface area contributed by atoms with E-state index < -0.39 is 0 Å². The summed E-state index contributed by atoms with van der Waals surface area (Å²) in [6.07, 6.45) is 12.2. The standard InChI is InChI=1S/C21H30O/c1-2-3-4-5-6-7-8-9-12-18-22-21-17-13-15-19-14-10-11-16-20(19)21/h10-11,13-17H,2-9,12,18H2,1H3. The summed E-state index contributed by atoms with van der Waals surface area (Å²) < 4.78 is 5.98. The number of benzene rings is 2. The Morgan fingerprint density at radius 2 is 1.32 bits per heavy atom. The highest BCUT2D eigenvalue weighted by atomic mass is 16.5. The zero-order valence-corrected chi connectivity index (χ0v) is 14.0. The lowest BCUT2D eigenvalue weighted by atomic mass is 10.1. The second kappa shape index (κ2) is 10.3. The van der Waals surface area contributed by atoms with Crippen molar-refractivity contribution in [1.82, 2.24) is 0 Å². The minimum absolute atomic E-state index is 0.837. The lowest BCUT2D eigenvalue weighted by Gasteiger charge is -2.09. The molecule has 0 atom stereocenters. The number of hydrogen-bond donors (Lipinski definition) is 0. The zero-order valence-electron chi connectivity index (χ0n) is 14.0. The molecule has 0 heterocycles. The summed E-state index contributed by atoms with van der Waals surface area (Å²) >= 11 is 0. The number of ether oxygens (including phenoxy) is 1. The Bertz CT molecular complexity index is 527. The Morgan fingerprint density at radius 1 is 0.682 bits per heavy atom. The van der Waals surface area contributed by atoms with Gasteiger partial charge in [-0.1, -0.05) is 94.7 Å². The molecule has 0 bridgehead atoms. The van der Waals surface area contributed by atoms with E-state index in [0.717, 1.165) is 18.8 Å². The Morgan fingerprint density at radius 3 is 2.09 bits per heavy atom. The van der Waals surface area contributed by atoms with Crippen molar-refractivity contribution in [2.75, 3.05) is 6.61 Å². The first-order chi connectivity index (χ1) is 10.9. The van der Waals surface area contributed by atoms with Crippen molar-refractivity contribution in [3.63, 3.8) is 0 Å². The molecule has 1 heteroatoms. The van der Waals surface area contributed by atoms with Crippen molar-refractivity contribution in [3.05, 3.63) is 42.5 Å². The Labute approximate surface area is 135 Å². The largest absolute Gasteiger partial charge is 0.493 e.